The van der Waals surface area contributed by atoms with Crippen LogP contribution >= 0.6 is 0 Å². The summed E-state index contributed by atoms with van der Waals surface area (Å²) in [6, 6.07) is 37.4. The molecule has 11 rings (SSSR count). The largest absolute Gasteiger partial charge is 0.238 e. The van der Waals surface area contributed by atoms with Gasteiger partial charge in [0.05, 0.1) is 13.1 Å². The predicted molar refractivity (Wildman–Crippen MR) is 201 cm³/mol. The van der Waals surface area contributed by atoms with Crippen molar-refractivity contribution in [3.05, 3.63) is 138 Å². The van der Waals surface area contributed by atoms with Crippen LogP contribution in [-0.2, 0) is 5.41 Å². The van der Waals surface area contributed by atoms with Crippen molar-refractivity contribution in [2.24, 2.45) is 17.8 Å². The zero-order valence-corrected chi connectivity index (χ0v) is 27.6. The molecular weight excluding hydrogens is 611 g/mol. The summed E-state index contributed by atoms with van der Waals surface area (Å²) in [7, 11) is 0. The third-order valence-corrected chi connectivity index (χ3v) is 11.8. The fourth-order valence-corrected chi connectivity index (χ4v) is 10.0. The highest BCUT2D eigenvalue weighted by Crippen LogP contribution is 2.61. The van der Waals surface area contributed by atoms with E-state index < -0.39 is 0 Å². The van der Waals surface area contributed by atoms with Crippen LogP contribution in [0.15, 0.2) is 109 Å². The number of aromatic nitrogens is 3. The maximum Gasteiger partial charge on any atom is 0.187 e. The number of rotatable bonds is 4. The van der Waals surface area contributed by atoms with E-state index in [0.717, 1.165) is 56.0 Å². The van der Waals surface area contributed by atoms with Crippen LogP contribution < -0.4 is 0 Å². The highest BCUT2D eigenvalue weighted by Gasteiger charge is 2.52. The maximum absolute atomic E-state index is 7.54. The number of nitrogens with zero attached hydrogens (tertiary/aromatic N) is 5. The Morgan fingerprint density at radius 1 is 0.500 bits per heavy atom. The highest BCUT2D eigenvalue weighted by molar-refractivity contribution is 5.98. The van der Waals surface area contributed by atoms with Crippen LogP contribution in [0, 0.1) is 30.9 Å². The molecule has 0 unspecified atom stereocenters. The second-order valence-corrected chi connectivity index (χ2v) is 14.9. The fraction of sp³-hybridized carbons (Fsp3) is 0.222. The smallest absolute Gasteiger partial charge is 0.187 e. The predicted octanol–water partition coefficient (Wildman–Crippen LogP) is 11.9. The van der Waals surface area contributed by atoms with Gasteiger partial charge in [-0.3, -0.25) is 0 Å². The van der Waals surface area contributed by atoms with Crippen LogP contribution in [0.1, 0.15) is 44.1 Å². The Morgan fingerprint density at radius 2 is 1.00 bits per heavy atom. The van der Waals surface area contributed by atoms with E-state index in [-0.39, 0.29) is 5.41 Å². The molecule has 1 aromatic heterocycles. The monoisotopic (exact) mass is 643 g/mol. The summed E-state index contributed by atoms with van der Waals surface area (Å²) in [5.74, 6) is 4.42. The molecule has 0 atom stereocenters. The van der Waals surface area contributed by atoms with Crippen molar-refractivity contribution in [1.82, 2.24) is 15.0 Å². The first kappa shape index (κ1) is 29.0. The van der Waals surface area contributed by atoms with E-state index in [0.29, 0.717) is 28.8 Å². The average Bonchev–Trinajstić information content (AvgIpc) is 3.15. The van der Waals surface area contributed by atoms with Gasteiger partial charge >= 0.3 is 0 Å². The molecule has 4 aliphatic rings. The van der Waals surface area contributed by atoms with Gasteiger partial charge in [-0.1, -0.05) is 84.9 Å². The van der Waals surface area contributed by atoms with Gasteiger partial charge in [-0.2, -0.15) is 0 Å². The standard InChI is InChI=1S/C45H33N5/c1-46-36-13-11-30-7-9-32(20-34(30)22-36)42-48-43(33-10-8-31-12-14-37(47-2)23-35(31)21-33)50-44(49-42)40-15-16-41(39-6-4-3-5-38(39)40)45-24-27-17-28(25-45)19-29(18-27)26-45/h3-16,20-23,27-29H,17-19,24-26H2. The Balaban J connectivity index is 1.17. The highest BCUT2D eigenvalue weighted by atomic mass is 15.0. The lowest BCUT2D eigenvalue weighted by Crippen LogP contribution is -2.48. The van der Waals surface area contributed by atoms with Crippen molar-refractivity contribution >= 4 is 43.7 Å². The van der Waals surface area contributed by atoms with Gasteiger partial charge in [-0.15, -0.1) is 0 Å². The average molecular weight is 644 g/mol. The fourth-order valence-electron chi connectivity index (χ4n) is 10.0. The Bertz CT molecular complexity index is 2470. The molecule has 4 saturated carbocycles. The van der Waals surface area contributed by atoms with Crippen LogP contribution in [0.4, 0.5) is 11.4 Å². The molecule has 0 aliphatic heterocycles. The molecule has 6 aromatic carbocycles. The summed E-state index contributed by atoms with van der Waals surface area (Å²) >= 11 is 0. The summed E-state index contributed by atoms with van der Waals surface area (Å²) in [5.41, 5.74) is 5.74. The minimum atomic E-state index is 0.271. The van der Waals surface area contributed by atoms with E-state index in [2.05, 4.69) is 82.5 Å². The van der Waals surface area contributed by atoms with E-state index in [9.17, 15) is 0 Å². The Morgan fingerprint density at radius 3 is 1.54 bits per heavy atom. The molecule has 1 heterocycles. The zero-order valence-electron chi connectivity index (χ0n) is 27.6. The molecule has 5 heteroatoms. The molecule has 5 nitrogen and oxygen atoms in total. The van der Waals surface area contributed by atoms with E-state index in [1.54, 1.807) is 0 Å². The van der Waals surface area contributed by atoms with Gasteiger partial charge in [-0.25, -0.2) is 24.6 Å². The van der Waals surface area contributed by atoms with Crippen molar-refractivity contribution in [3.63, 3.8) is 0 Å². The minimum absolute atomic E-state index is 0.271. The van der Waals surface area contributed by atoms with Crippen LogP contribution in [0.5, 0.6) is 0 Å². The van der Waals surface area contributed by atoms with Gasteiger partial charge in [0.15, 0.2) is 28.8 Å². The van der Waals surface area contributed by atoms with Crippen molar-refractivity contribution < 1.29 is 0 Å². The van der Waals surface area contributed by atoms with Gasteiger partial charge in [0.25, 0.3) is 0 Å². The van der Waals surface area contributed by atoms with Gasteiger partial charge in [-0.05, 0) is 124 Å². The summed E-state index contributed by atoms with van der Waals surface area (Å²) in [4.78, 5) is 22.8. The molecular formula is C45H33N5. The second kappa shape index (κ2) is 11.1. The molecule has 0 radical (unpaired) electrons. The van der Waals surface area contributed by atoms with Gasteiger partial charge in [0.2, 0.25) is 0 Å². The lowest BCUT2D eigenvalue weighted by molar-refractivity contribution is -0.00449. The SMILES string of the molecule is [C-]#[N+]c1ccc2ccc(-c3nc(-c4ccc5ccc([N+]#[C-])cc5c4)nc(-c4ccc(C56CC7CC(CC(C7)C5)C6)c5ccccc45)n3)cc2c1. The normalized spacial score (nSPS) is 22.2. The van der Waals surface area contributed by atoms with Gasteiger partial charge in [0.1, 0.15) is 0 Å². The molecule has 7 aromatic rings. The van der Waals surface area contributed by atoms with Gasteiger partial charge < -0.3 is 0 Å². The van der Waals surface area contributed by atoms with Crippen LogP contribution in [0.3, 0.4) is 0 Å². The lowest BCUT2D eigenvalue weighted by Gasteiger charge is -2.57. The second-order valence-electron chi connectivity index (χ2n) is 14.9. The molecule has 0 spiro atoms. The maximum atomic E-state index is 7.54. The number of fused-ring (bicyclic) bond motifs is 3. The number of hydrogen-bond acceptors (Lipinski definition) is 3. The molecule has 4 fully saturated rings. The van der Waals surface area contributed by atoms with Crippen molar-refractivity contribution in [3.8, 4) is 34.2 Å². The third kappa shape index (κ3) is 4.69. The third-order valence-electron chi connectivity index (χ3n) is 11.8. The lowest BCUT2D eigenvalue weighted by atomic mass is 9.47. The summed E-state index contributed by atoms with van der Waals surface area (Å²) < 4.78 is 0. The van der Waals surface area contributed by atoms with Crippen LogP contribution in [0.2, 0.25) is 0 Å². The van der Waals surface area contributed by atoms with E-state index in [4.69, 9.17) is 28.1 Å². The topological polar surface area (TPSA) is 47.4 Å². The van der Waals surface area contributed by atoms with Crippen LogP contribution in [0.25, 0.3) is 76.2 Å². The molecule has 238 valence electrons. The molecule has 0 saturated heterocycles. The zero-order chi connectivity index (χ0) is 33.4. The Kier molecular flexibility index (Phi) is 6.42. The first-order chi connectivity index (χ1) is 24.5. The summed E-state index contributed by atoms with van der Waals surface area (Å²) in [5, 5.41) is 6.58. The summed E-state index contributed by atoms with van der Waals surface area (Å²) in [6.07, 6.45) is 8.22. The number of benzene rings is 6. The molecule has 0 N–H and O–H groups in total. The van der Waals surface area contributed by atoms with Crippen molar-refractivity contribution in [2.45, 2.75) is 43.9 Å². The van der Waals surface area contributed by atoms with E-state index in [1.165, 1.54) is 54.9 Å². The number of hydrogen-bond donors (Lipinski definition) is 0. The Hall–Kier alpha value is -5.91. The molecule has 4 aliphatic carbocycles. The van der Waals surface area contributed by atoms with Crippen LogP contribution in [-0.4, -0.2) is 15.0 Å². The first-order valence-electron chi connectivity index (χ1n) is 17.7. The molecule has 50 heavy (non-hydrogen) atoms. The van der Waals surface area contributed by atoms with Crippen molar-refractivity contribution in [2.75, 3.05) is 0 Å². The molecule has 4 bridgehead atoms. The quantitative estimate of drug-likeness (QED) is 0.179. The first-order valence-corrected chi connectivity index (χ1v) is 17.7. The van der Waals surface area contributed by atoms with E-state index >= 15 is 0 Å². The minimum Gasteiger partial charge on any atom is -0.238 e. The molecule has 0 amide bonds. The van der Waals surface area contributed by atoms with Gasteiger partial charge in [0, 0.05) is 16.7 Å². The summed E-state index contributed by atoms with van der Waals surface area (Å²) in [6.45, 7) is 15.1. The Labute approximate surface area is 291 Å². The van der Waals surface area contributed by atoms with E-state index in [1.807, 2.05) is 36.4 Å². The van der Waals surface area contributed by atoms with Crippen molar-refractivity contribution in [1.29, 1.82) is 0 Å².